The molecule has 0 radical (unpaired) electrons. The van der Waals surface area contributed by atoms with Gasteiger partial charge in [-0.15, -0.1) is 0 Å². The number of carboxylic acids is 1. The Balaban J connectivity index is 2.24. The van der Waals surface area contributed by atoms with Crippen molar-refractivity contribution in [3.05, 3.63) is 22.5 Å². The number of nitrogens with one attached hydrogen (secondary N) is 1. The number of aromatic amines is 1. The van der Waals surface area contributed by atoms with Crippen molar-refractivity contribution in [2.24, 2.45) is 5.92 Å². The summed E-state index contributed by atoms with van der Waals surface area (Å²) in [6, 6.07) is 0. The van der Waals surface area contributed by atoms with Crippen LogP contribution in [0.15, 0.2) is 0 Å². The van der Waals surface area contributed by atoms with Gasteiger partial charge in [-0.3, -0.25) is 9.59 Å². The second kappa shape index (κ2) is 6.85. The highest BCUT2D eigenvalue weighted by Crippen LogP contribution is 2.23. The van der Waals surface area contributed by atoms with Crippen LogP contribution in [-0.2, 0) is 9.53 Å². The van der Waals surface area contributed by atoms with Crippen LogP contribution in [0.25, 0.3) is 0 Å². The normalized spacial score (nSPS) is 17.9. The summed E-state index contributed by atoms with van der Waals surface area (Å²) in [6.07, 6.45) is 1.24. The van der Waals surface area contributed by atoms with Crippen LogP contribution >= 0.6 is 0 Å². The molecule has 126 valence electrons. The summed E-state index contributed by atoms with van der Waals surface area (Å²) in [5.41, 5.74) is 1.83. The van der Waals surface area contributed by atoms with Crippen LogP contribution in [0.2, 0.25) is 0 Å². The molecule has 1 fully saturated rings. The SMILES string of the molecule is CCOC(=O)c1c(C)[nH]c(C(=O)N2CCCC(C(=O)O)C2)c1C. The lowest BCUT2D eigenvalue weighted by atomic mass is 9.98. The Hall–Kier alpha value is -2.31. The van der Waals surface area contributed by atoms with Crippen molar-refractivity contribution in [2.75, 3.05) is 19.7 Å². The molecule has 1 aliphatic rings. The van der Waals surface area contributed by atoms with E-state index in [0.29, 0.717) is 41.9 Å². The Morgan fingerprint density at radius 2 is 2.04 bits per heavy atom. The molecular weight excluding hydrogens is 300 g/mol. The van der Waals surface area contributed by atoms with Crippen LogP contribution < -0.4 is 0 Å². The quantitative estimate of drug-likeness (QED) is 0.823. The third-order valence-corrected chi connectivity index (χ3v) is 4.19. The summed E-state index contributed by atoms with van der Waals surface area (Å²) in [5.74, 6) is -2.14. The molecule has 1 amide bonds. The van der Waals surface area contributed by atoms with E-state index in [2.05, 4.69) is 4.98 Å². The highest BCUT2D eigenvalue weighted by molar-refractivity contribution is 6.00. The number of rotatable bonds is 4. The highest BCUT2D eigenvalue weighted by atomic mass is 16.5. The predicted molar refractivity (Wildman–Crippen MR) is 82.5 cm³/mol. The molecule has 0 spiro atoms. The minimum atomic E-state index is -0.880. The maximum atomic E-state index is 12.7. The molecule has 1 atom stereocenters. The van der Waals surface area contributed by atoms with E-state index < -0.39 is 17.9 Å². The number of likely N-dealkylation sites (tertiary alicyclic amines) is 1. The predicted octanol–water partition coefficient (Wildman–Crippen LogP) is 1.75. The number of carbonyl (C=O) groups is 3. The van der Waals surface area contributed by atoms with E-state index in [1.54, 1.807) is 20.8 Å². The zero-order valence-corrected chi connectivity index (χ0v) is 13.6. The van der Waals surface area contributed by atoms with E-state index in [1.807, 2.05) is 0 Å². The van der Waals surface area contributed by atoms with Crippen molar-refractivity contribution in [2.45, 2.75) is 33.6 Å². The van der Waals surface area contributed by atoms with Crippen LogP contribution in [0.1, 0.15) is 51.9 Å². The van der Waals surface area contributed by atoms with E-state index in [0.717, 1.165) is 0 Å². The Kier molecular flexibility index (Phi) is 5.08. The molecule has 7 nitrogen and oxygen atoms in total. The number of hydrogen-bond donors (Lipinski definition) is 2. The topological polar surface area (TPSA) is 99.7 Å². The number of nitrogens with zero attached hydrogens (tertiary/aromatic N) is 1. The highest BCUT2D eigenvalue weighted by Gasteiger charge is 2.31. The number of aliphatic carboxylic acids is 1. The van der Waals surface area contributed by atoms with Gasteiger partial charge in [0.05, 0.1) is 18.1 Å². The van der Waals surface area contributed by atoms with Gasteiger partial charge in [0.25, 0.3) is 5.91 Å². The number of piperidine rings is 1. The molecule has 7 heteroatoms. The minimum absolute atomic E-state index is 0.195. The van der Waals surface area contributed by atoms with Gasteiger partial charge in [0.2, 0.25) is 0 Å². The molecule has 1 aliphatic heterocycles. The van der Waals surface area contributed by atoms with Crippen molar-refractivity contribution < 1.29 is 24.2 Å². The number of carbonyl (C=O) groups excluding carboxylic acids is 2. The van der Waals surface area contributed by atoms with Crippen LogP contribution in [0.3, 0.4) is 0 Å². The van der Waals surface area contributed by atoms with Gasteiger partial charge >= 0.3 is 11.9 Å². The van der Waals surface area contributed by atoms with Gasteiger partial charge < -0.3 is 19.7 Å². The van der Waals surface area contributed by atoms with Gasteiger partial charge in [-0.25, -0.2) is 4.79 Å². The maximum absolute atomic E-state index is 12.7. The standard InChI is InChI=1S/C16H22N2O5/c1-4-23-16(22)12-9(2)13(17-10(12)3)14(19)18-7-5-6-11(8-18)15(20)21/h11,17H,4-8H2,1-3H3,(H,20,21). The number of ether oxygens (including phenoxy) is 1. The molecule has 1 saturated heterocycles. The molecule has 1 unspecified atom stereocenters. The fourth-order valence-electron chi connectivity index (χ4n) is 2.99. The van der Waals surface area contributed by atoms with Crippen LogP contribution in [0, 0.1) is 19.8 Å². The maximum Gasteiger partial charge on any atom is 0.340 e. The number of H-pyrrole nitrogens is 1. The molecule has 0 saturated carbocycles. The second-order valence-electron chi connectivity index (χ2n) is 5.77. The summed E-state index contributed by atoms with van der Waals surface area (Å²) >= 11 is 0. The molecule has 0 aliphatic carbocycles. The fraction of sp³-hybridized carbons (Fsp3) is 0.562. The number of aryl methyl sites for hydroxylation is 1. The van der Waals surface area contributed by atoms with Crippen molar-refractivity contribution in [3.8, 4) is 0 Å². The summed E-state index contributed by atoms with van der Waals surface area (Å²) in [6.45, 7) is 6.11. The van der Waals surface area contributed by atoms with Gasteiger partial charge in [0.15, 0.2) is 0 Å². The molecule has 0 aromatic carbocycles. The lowest BCUT2D eigenvalue weighted by molar-refractivity contribution is -0.143. The molecule has 1 aromatic heterocycles. The second-order valence-corrected chi connectivity index (χ2v) is 5.77. The number of aromatic nitrogens is 1. The Morgan fingerprint density at radius 3 is 2.65 bits per heavy atom. The lowest BCUT2D eigenvalue weighted by Crippen LogP contribution is -2.42. The van der Waals surface area contributed by atoms with Gasteiger partial charge in [0, 0.05) is 18.8 Å². The zero-order valence-electron chi connectivity index (χ0n) is 13.6. The monoisotopic (exact) mass is 322 g/mol. The van der Waals surface area contributed by atoms with Crippen LogP contribution in [-0.4, -0.2) is 52.5 Å². The first-order valence-corrected chi connectivity index (χ1v) is 7.75. The van der Waals surface area contributed by atoms with Crippen molar-refractivity contribution in [1.82, 2.24) is 9.88 Å². The largest absolute Gasteiger partial charge is 0.481 e. The Labute approximate surface area is 134 Å². The first-order valence-electron chi connectivity index (χ1n) is 7.75. The van der Waals surface area contributed by atoms with E-state index >= 15 is 0 Å². The van der Waals surface area contributed by atoms with E-state index in [1.165, 1.54) is 4.90 Å². The molecule has 0 bridgehead atoms. The van der Waals surface area contributed by atoms with E-state index in [4.69, 9.17) is 9.84 Å². The van der Waals surface area contributed by atoms with Crippen molar-refractivity contribution in [1.29, 1.82) is 0 Å². The average Bonchev–Trinajstić information content (AvgIpc) is 2.81. The summed E-state index contributed by atoms with van der Waals surface area (Å²) < 4.78 is 5.02. The number of hydrogen-bond acceptors (Lipinski definition) is 4. The van der Waals surface area contributed by atoms with Crippen molar-refractivity contribution >= 4 is 17.8 Å². The van der Waals surface area contributed by atoms with Crippen LogP contribution in [0.4, 0.5) is 0 Å². The Bertz CT molecular complexity index is 635. The minimum Gasteiger partial charge on any atom is -0.481 e. The van der Waals surface area contributed by atoms with Gasteiger partial charge in [-0.05, 0) is 39.2 Å². The zero-order chi connectivity index (χ0) is 17.1. The molecule has 23 heavy (non-hydrogen) atoms. The van der Waals surface area contributed by atoms with E-state index in [9.17, 15) is 14.4 Å². The smallest absolute Gasteiger partial charge is 0.340 e. The lowest BCUT2D eigenvalue weighted by Gasteiger charge is -2.30. The first-order chi connectivity index (χ1) is 10.9. The summed E-state index contributed by atoms with van der Waals surface area (Å²) in [4.78, 5) is 40.3. The van der Waals surface area contributed by atoms with E-state index in [-0.39, 0.29) is 19.1 Å². The fourth-order valence-corrected chi connectivity index (χ4v) is 2.99. The molecule has 2 rings (SSSR count). The third kappa shape index (κ3) is 3.38. The van der Waals surface area contributed by atoms with Crippen molar-refractivity contribution in [3.63, 3.8) is 0 Å². The Morgan fingerprint density at radius 1 is 1.35 bits per heavy atom. The third-order valence-electron chi connectivity index (χ3n) is 4.19. The molecular formula is C16H22N2O5. The molecule has 2 N–H and O–H groups in total. The summed E-state index contributed by atoms with van der Waals surface area (Å²) in [5, 5.41) is 9.14. The number of carboxylic acid groups (broad SMARTS) is 1. The molecule has 2 heterocycles. The molecule has 1 aromatic rings. The van der Waals surface area contributed by atoms with Crippen LogP contribution in [0.5, 0.6) is 0 Å². The van der Waals surface area contributed by atoms with Gasteiger partial charge in [-0.2, -0.15) is 0 Å². The van der Waals surface area contributed by atoms with Gasteiger partial charge in [-0.1, -0.05) is 0 Å². The number of esters is 1. The average molecular weight is 322 g/mol. The summed E-state index contributed by atoms with van der Waals surface area (Å²) in [7, 11) is 0. The van der Waals surface area contributed by atoms with Gasteiger partial charge in [0.1, 0.15) is 5.69 Å². The first kappa shape index (κ1) is 17.1. The number of amides is 1.